The molecular weight excluding hydrogens is 288 g/mol. The number of rotatable bonds is 13. The summed E-state index contributed by atoms with van der Waals surface area (Å²) in [6.45, 7) is 5.53. The highest BCUT2D eigenvalue weighted by Gasteiger charge is 2.23. The molecule has 0 aromatic rings. The van der Waals surface area contributed by atoms with Crippen molar-refractivity contribution in [1.82, 2.24) is 0 Å². The molecule has 0 heterocycles. The molecule has 0 saturated carbocycles. The second kappa shape index (κ2) is 12.0. The zero-order chi connectivity index (χ0) is 16.1. The predicted molar refractivity (Wildman–Crippen MR) is 86.6 cm³/mol. The topological polar surface area (TPSA) is 60.4 Å². The molecule has 0 spiro atoms. The highest BCUT2D eigenvalue weighted by molar-refractivity contribution is 7.87. The molecule has 0 aliphatic heterocycles. The Kier molecular flexibility index (Phi) is 11.7. The van der Waals surface area contributed by atoms with Gasteiger partial charge >= 0.3 is 16.1 Å². The molecule has 1 atom stereocenters. The number of carbonyl (C=O) groups is 1. The van der Waals surface area contributed by atoms with Crippen LogP contribution in [0, 0.1) is 0 Å². The maximum Gasteiger partial charge on any atom is 0.322 e. The van der Waals surface area contributed by atoms with Crippen LogP contribution in [0.5, 0.6) is 0 Å². The first-order valence-corrected chi connectivity index (χ1v) is 9.87. The van der Waals surface area contributed by atoms with E-state index in [2.05, 4.69) is 11.1 Å². The molecule has 0 saturated heterocycles. The van der Waals surface area contributed by atoms with Gasteiger partial charge < -0.3 is 4.18 Å². The van der Waals surface area contributed by atoms with E-state index in [9.17, 15) is 13.2 Å². The quantitative estimate of drug-likeness (QED) is 0.368. The van der Waals surface area contributed by atoms with Crippen molar-refractivity contribution in [3.05, 3.63) is 0 Å². The van der Waals surface area contributed by atoms with Crippen LogP contribution in [0.3, 0.4) is 0 Å². The summed E-state index contributed by atoms with van der Waals surface area (Å²) in [6, 6.07) is 0. The molecule has 0 rings (SSSR count). The summed E-state index contributed by atoms with van der Waals surface area (Å²) < 4.78 is 27.8. The third-order valence-electron chi connectivity index (χ3n) is 3.76. The Morgan fingerprint density at radius 3 is 1.86 bits per heavy atom. The van der Waals surface area contributed by atoms with Crippen LogP contribution in [0.4, 0.5) is 0 Å². The molecule has 21 heavy (non-hydrogen) atoms. The predicted octanol–water partition coefficient (Wildman–Crippen LogP) is 4.58. The van der Waals surface area contributed by atoms with Crippen molar-refractivity contribution in [2.24, 2.45) is 0 Å². The van der Waals surface area contributed by atoms with Crippen molar-refractivity contribution in [1.29, 1.82) is 0 Å². The van der Waals surface area contributed by atoms with Crippen LogP contribution in [-0.2, 0) is 19.1 Å². The van der Waals surface area contributed by atoms with Gasteiger partial charge in [-0.3, -0.25) is 4.79 Å². The molecule has 0 N–H and O–H groups in total. The Morgan fingerprint density at radius 2 is 1.38 bits per heavy atom. The number of carbonyl (C=O) groups excluding carboxylic acids is 1. The first kappa shape index (κ1) is 20.4. The van der Waals surface area contributed by atoms with Gasteiger partial charge in [0.25, 0.3) is 0 Å². The molecule has 126 valence electrons. The maximum absolute atomic E-state index is 11.6. The minimum absolute atomic E-state index is 0.200. The minimum atomic E-state index is -3.72. The van der Waals surface area contributed by atoms with Crippen LogP contribution in [0.2, 0.25) is 0 Å². The van der Waals surface area contributed by atoms with Gasteiger partial charge in [0.15, 0.2) is 0 Å². The Labute approximate surface area is 130 Å². The summed E-state index contributed by atoms with van der Waals surface area (Å²) in [7, 11) is -3.72. The molecule has 0 radical (unpaired) electrons. The lowest BCUT2D eigenvalue weighted by Crippen LogP contribution is -2.22. The van der Waals surface area contributed by atoms with Gasteiger partial charge in [-0.2, -0.15) is 8.42 Å². The van der Waals surface area contributed by atoms with Crippen LogP contribution in [0.15, 0.2) is 0 Å². The summed E-state index contributed by atoms with van der Waals surface area (Å²) in [5, 5.41) is -0.621. The van der Waals surface area contributed by atoms with Crippen LogP contribution >= 0.6 is 0 Å². The Morgan fingerprint density at radius 1 is 0.905 bits per heavy atom. The summed E-state index contributed by atoms with van der Waals surface area (Å²) >= 11 is 0. The molecule has 1 unspecified atom stereocenters. The normalized spacial score (nSPS) is 13.1. The van der Waals surface area contributed by atoms with Crippen LogP contribution in [0.25, 0.3) is 0 Å². The number of unbranched alkanes of at least 4 members (excludes halogenated alkanes) is 8. The first-order valence-electron chi connectivity index (χ1n) is 8.40. The van der Waals surface area contributed by atoms with Crippen molar-refractivity contribution in [2.45, 2.75) is 96.7 Å². The van der Waals surface area contributed by atoms with E-state index in [-0.39, 0.29) is 6.42 Å². The summed E-state index contributed by atoms with van der Waals surface area (Å²) in [5.74, 6) is -0.613. The van der Waals surface area contributed by atoms with E-state index < -0.39 is 21.3 Å². The Hall–Kier alpha value is -0.580. The molecule has 0 amide bonds. The average Bonchev–Trinajstić information content (AvgIpc) is 2.44. The van der Waals surface area contributed by atoms with Gasteiger partial charge in [0.05, 0.1) is 5.25 Å². The van der Waals surface area contributed by atoms with Gasteiger partial charge in [-0.1, -0.05) is 65.2 Å². The summed E-state index contributed by atoms with van der Waals surface area (Å²) in [5.41, 5.74) is 0. The summed E-state index contributed by atoms with van der Waals surface area (Å²) in [6.07, 6.45) is 11.1. The Balaban J connectivity index is 3.59. The van der Waals surface area contributed by atoms with Crippen molar-refractivity contribution >= 4 is 16.1 Å². The van der Waals surface area contributed by atoms with Crippen molar-refractivity contribution in [2.75, 3.05) is 0 Å². The van der Waals surface area contributed by atoms with Gasteiger partial charge in [0, 0.05) is 6.42 Å². The van der Waals surface area contributed by atoms with E-state index in [1.165, 1.54) is 38.5 Å². The average molecular weight is 320 g/mol. The van der Waals surface area contributed by atoms with Gasteiger partial charge in [0.1, 0.15) is 0 Å². The standard InChI is InChI=1S/C16H32O4S/c1-4-6-7-8-9-10-11-12-13-14-16(17)20-21(18,19)15(3)5-2/h15H,4-14H2,1-3H3. The molecular formula is C16H32O4S. The molecule has 0 aromatic carbocycles. The minimum Gasteiger partial charge on any atom is -0.346 e. The van der Waals surface area contributed by atoms with Gasteiger partial charge in [-0.05, 0) is 19.8 Å². The fourth-order valence-electron chi connectivity index (χ4n) is 2.04. The molecule has 0 aliphatic carbocycles. The third-order valence-corrected chi connectivity index (χ3v) is 5.50. The second-order valence-electron chi connectivity index (χ2n) is 5.75. The lowest BCUT2D eigenvalue weighted by molar-refractivity contribution is -0.134. The number of hydrogen-bond donors (Lipinski definition) is 0. The highest BCUT2D eigenvalue weighted by atomic mass is 32.2. The van der Waals surface area contributed by atoms with E-state index in [0.29, 0.717) is 12.8 Å². The van der Waals surface area contributed by atoms with Crippen molar-refractivity contribution in [3.63, 3.8) is 0 Å². The monoisotopic (exact) mass is 320 g/mol. The zero-order valence-electron chi connectivity index (χ0n) is 13.9. The van der Waals surface area contributed by atoms with Crippen LogP contribution in [0.1, 0.15) is 91.4 Å². The fraction of sp³-hybridized carbons (Fsp3) is 0.938. The van der Waals surface area contributed by atoms with Gasteiger partial charge in [-0.25, -0.2) is 0 Å². The summed E-state index contributed by atoms with van der Waals surface area (Å²) in [4.78, 5) is 11.5. The molecule has 0 bridgehead atoms. The fourth-order valence-corrected chi connectivity index (χ4v) is 2.95. The van der Waals surface area contributed by atoms with Crippen LogP contribution < -0.4 is 0 Å². The molecule has 0 aliphatic rings. The van der Waals surface area contributed by atoms with Gasteiger partial charge in [0.2, 0.25) is 0 Å². The van der Waals surface area contributed by atoms with Crippen molar-refractivity contribution < 1.29 is 17.4 Å². The van der Waals surface area contributed by atoms with Crippen LogP contribution in [-0.4, -0.2) is 19.6 Å². The third kappa shape index (κ3) is 10.7. The SMILES string of the molecule is CCCCCCCCCCCC(=O)OS(=O)(=O)C(C)CC. The highest BCUT2D eigenvalue weighted by Crippen LogP contribution is 2.13. The van der Waals surface area contributed by atoms with E-state index in [1.807, 2.05) is 0 Å². The molecule has 0 fully saturated rings. The zero-order valence-corrected chi connectivity index (χ0v) is 14.7. The Bertz CT molecular complexity index is 362. The smallest absolute Gasteiger partial charge is 0.322 e. The first-order chi connectivity index (χ1) is 9.94. The lowest BCUT2D eigenvalue weighted by atomic mass is 10.1. The largest absolute Gasteiger partial charge is 0.346 e. The van der Waals surface area contributed by atoms with E-state index >= 15 is 0 Å². The van der Waals surface area contributed by atoms with Gasteiger partial charge in [-0.15, -0.1) is 0 Å². The number of hydrogen-bond acceptors (Lipinski definition) is 4. The molecule has 5 heteroatoms. The maximum atomic E-state index is 11.6. The molecule has 0 aromatic heterocycles. The van der Waals surface area contributed by atoms with Crippen molar-refractivity contribution in [3.8, 4) is 0 Å². The van der Waals surface area contributed by atoms with E-state index in [1.54, 1.807) is 13.8 Å². The lowest BCUT2D eigenvalue weighted by Gasteiger charge is -2.10. The van der Waals surface area contributed by atoms with E-state index in [4.69, 9.17) is 0 Å². The molecule has 4 nitrogen and oxygen atoms in total. The van der Waals surface area contributed by atoms with E-state index in [0.717, 1.165) is 12.8 Å². The second-order valence-corrected chi connectivity index (χ2v) is 7.70.